The van der Waals surface area contributed by atoms with Gasteiger partial charge in [0, 0.05) is 29.8 Å². The number of nitrogens with one attached hydrogen (secondary N) is 1. The average molecular weight is 562 g/mol. The second-order valence-corrected chi connectivity index (χ2v) is 9.37. The van der Waals surface area contributed by atoms with Crippen LogP contribution in [0.4, 0.5) is 8.78 Å². The highest BCUT2D eigenvalue weighted by molar-refractivity contribution is 9.10. The van der Waals surface area contributed by atoms with E-state index in [-0.39, 0.29) is 51.9 Å². The highest BCUT2D eigenvalue weighted by Gasteiger charge is 2.30. The zero-order valence-corrected chi connectivity index (χ0v) is 20.8. The lowest BCUT2D eigenvalue weighted by atomic mass is 10.1. The van der Waals surface area contributed by atoms with Gasteiger partial charge in [0.05, 0.1) is 15.6 Å². The van der Waals surface area contributed by atoms with E-state index >= 15 is 0 Å². The van der Waals surface area contributed by atoms with Crippen LogP contribution in [0.15, 0.2) is 33.2 Å². The van der Waals surface area contributed by atoms with E-state index in [0.29, 0.717) is 16.6 Å². The molecule has 0 saturated carbocycles. The number of hydrogen-bond donors (Lipinski definition) is 2. The number of halogens is 4. The average Bonchev–Trinajstić information content (AvgIpc) is 3.00. The molecule has 0 bridgehead atoms. The Hall–Kier alpha value is -1.84. The molecule has 0 radical (unpaired) electrons. The maximum Gasteiger partial charge on any atom is 0.254 e. The molecule has 2 aromatic rings. The van der Waals surface area contributed by atoms with Crippen LogP contribution in [0.3, 0.4) is 0 Å². The van der Waals surface area contributed by atoms with Crippen molar-refractivity contribution < 1.29 is 23.5 Å². The van der Waals surface area contributed by atoms with Crippen molar-refractivity contribution in [1.29, 1.82) is 0 Å². The number of carbonyl (C=O) groups excluding carboxylic acids is 2. The summed E-state index contributed by atoms with van der Waals surface area (Å²) in [7, 11) is 0. The minimum Gasteiger partial charge on any atom is -0.392 e. The quantitative estimate of drug-likeness (QED) is 0.541. The zero-order valence-electron chi connectivity index (χ0n) is 17.6. The molecule has 2 aromatic carbocycles. The SMILES string of the molecule is CC(C)N1Cc2cc(F)c(Br)cc2C1=O.CC(C)NC(=O)c1cc(Br)c(F)cc1CO. The van der Waals surface area contributed by atoms with Crippen molar-refractivity contribution >= 4 is 43.7 Å². The van der Waals surface area contributed by atoms with Gasteiger partial charge in [-0.1, -0.05) is 0 Å². The van der Waals surface area contributed by atoms with E-state index in [9.17, 15) is 18.4 Å². The molecule has 0 aliphatic carbocycles. The van der Waals surface area contributed by atoms with Gasteiger partial charge in [0.1, 0.15) is 11.6 Å². The van der Waals surface area contributed by atoms with E-state index in [1.807, 2.05) is 27.7 Å². The van der Waals surface area contributed by atoms with Crippen molar-refractivity contribution in [2.75, 3.05) is 0 Å². The molecule has 1 aliphatic rings. The van der Waals surface area contributed by atoms with Crippen LogP contribution in [-0.4, -0.2) is 33.9 Å². The third-order valence-corrected chi connectivity index (χ3v) is 5.80. The zero-order chi connectivity index (χ0) is 23.5. The van der Waals surface area contributed by atoms with Crippen LogP contribution < -0.4 is 5.32 Å². The van der Waals surface area contributed by atoms with Crippen LogP contribution >= 0.6 is 31.9 Å². The monoisotopic (exact) mass is 560 g/mol. The Bertz CT molecular complexity index is 997. The summed E-state index contributed by atoms with van der Waals surface area (Å²) in [6.45, 7) is 7.70. The summed E-state index contributed by atoms with van der Waals surface area (Å²) in [5.74, 6) is -1.14. The van der Waals surface area contributed by atoms with Gasteiger partial charge in [-0.15, -0.1) is 0 Å². The van der Waals surface area contributed by atoms with Gasteiger partial charge >= 0.3 is 0 Å². The molecule has 5 nitrogen and oxygen atoms in total. The number of fused-ring (bicyclic) bond motifs is 1. The number of carbonyl (C=O) groups is 2. The molecule has 9 heteroatoms. The van der Waals surface area contributed by atoms with E-state index in [1.165, 1.54) is 12.1 Å². The molecule has 0 spiro atoms. The number of nitrogens with zero attached hydrogens (tertiary/aromatic N) is 1. The Kier molecular flexibility index (Phi) is 8.73. The lowest BCUT2D eigenvalue weighted by Crippen LogP contribution is -2.31. The Morgan fingerprint density at radius 1 is 1.10 bits per heavy atom. The van der Waals surface area contributed by atoms with Crippen LogP contribution in [0.25, 0.3) is 0 Å². The summed E-state index contributed by atoms with van der Waals surface area (Å²) in [6, 6.07) is 5.65. The Balaban J connectivity index is 0.000000220. The van der Waals surface area contributed by atoms with Crippen LogP contribution in [0.1, 0.15) is 59.5 Å². The molecule has 2 amide bonds. The van der Waals surface area contributed by atoms with Crippen molar-refractivity contribution in [2.45, 2.75) is 52.9 Å². The standard InChI is InChI=1S/C11H13BrFNO2.C11H11BrFNO/c1-6(2)14-11(16)8-4-9(12)10(13)3-7(8)5-15;1-6(2)14-5-7-3-10(13)9(12)4-8(7)11(14)15/h3-4,6,15H,5H2,1-2H3,(H,14,16);3-4,6H,5H2,1-2H3. The third-order valence-electron chi connectivity index (χ3n) is 4.58. The van der Waals surface area contributed by atoms with Crippen LogP contribution in [-0.2, 0) is 13.2 Å². The van der Waals surface area contributed by atoms with Crippen molar-refractivity contribution in [1.82, 2.24) is 10.2 Å². The van der Waals surface area contributed by atoms with Gasteiger partial charge in [-0.2, -0.15) is 0 Å². The van der Waals surface area contributed by atoms with E-state index in [2.05, 4.69) is 37.2 Å². The molecule has 0 atom stereocenters. The second kappa shape index (κ2) is 10.7. The van der Waals surface area contributed by atoms with E-state index in [1.54, 1.807) is 11.0 Å². The van der Waals surface area contributed by atoms with E-state index in [4.69, 9.17) is 5.11 Å². The summed E-state index contributed by atoms with van der Waals surface area (Å²) in [5, 5.41) is 11.7. The van der Waals surface area contributed by atoms with Crippen LogP contribution in [0.2, 0.25) is 0 Å². The van der Waals surface area contributed by atoms with Crippen molar-refractivity contribution in [2.24, 2.45) is 0 Å². The molecule has 3 rings (SSSR count). The van der Waals surface area contributed by atoms with Gasteiger partial charge in [-0.05, 0) is 94.9 Å². The number of aliphatic hydroxyl groups excluding tert-OH is 1. The maximum atomic E-state index is 13.3. The molecule has 168 valence electrons. The fraction of sp³-hybridized carbons (Fsp3) is 0.364. The molecule has 2 N–H and O–H groups in total. The van der Waals surface area contributed by atoms with Crippen LogP contribution in [0.5, 0.6) is 0 Å². The number of benzene rings is 2. The number of hydrogen-bond acceptors (Lipinski definition) is 3. The molecule has 0 unspecified atom stereocenters. The maximum absolute atomic E-state index is 13.3. The third kappa shape index (κ3) is 6.11. The van der Waals surface area contributed by atoms with E-state index in [0.717, 1.165) is 11.6 Å². The van der Waals surface area contributed by atoms with Gasteiger partial charge in [0.25, 0.3) is 11.8 Å². The lowest BCUT2D eigenvalue weighted by molar-refractivity contribution is 0.0730. The Morgan fingerprint density at radius 3 is 2.23 bits per heavy atom. The molecule has 0 saturated heterocycles. The minimum atomic E-state index is -0.495. The van der Waals surface area contributed by atoms with Crippen LogP contribution in [0, 0.1) is 11.6 Å². The number of rotatable bonds is 4. The smallest absolute Gasteiger partial charge is 0.254 e. The summed E-state index contributed by atoms with van der Waals surface area (Å²) in [4.78, 5) is 25.3. The number of aliphatic hydroxyl groups is 1. The molecule has 1 heterocycles. The van der Waals surface area contributed by atoms with Gasteiger partial charge in [0.15, 0.2) is 0 Å². The fourth-order valence-electron chi connectivity index (χ4n) is 3.02. The largest absolute Gasteiger partial charge is 0.392 e. The predicted molar refractivity (Wildman–Crippen MR) is 122 cm³/mol. The van der Waals surface area contributed by atoms with Crippen molar-refractivity contribution in [3.63, 3.8) is 0 Å². The molecular formula is C22H24Br2F2N2O3. The number of amides is 2. The van der Waals surface area contributed by atoms with Crippen molar-refractivity contribution in [3.8, 4) is 0 Å². The normalized spacial score (nSPS) is 12.7. The molecule has 1 aliphatic heterocycles. The predicted octanol–water partition coefficient (Wildman–Crippen LogP) is 5.17. The summed E-state index contributed by atoms with van der Waals surface area (Å²) in [6.07, 6.45) is 0. The first-order chi connectivity index (χ1) is 14.5. The highest BCUT2D eigenvalue weighted by atomic mass is 79.9. The summed E-state index contributed by atoms with van der Waals surface area (Å²) >= 11 is 6.09. The first kappa shape index (κ1) is 25.4. The Labute approximate surface area is 197 Å². The first-order valence-corrected chi connectivity index (χ1v) is 11.2. The second-order valence-electron chi connectivity index (χ2n) is 7.66. The fourth-order valence-corrected chi connectivity index (χ4v) is 3.70. The van der Waals surface area contributed by atoms with Gasteiger partial charge in [-0.25, -0.2) is 8.78 Å². The topological polar surface area (TPSA) is 69.6 Å². The lowest BCUT2D eigenvalue weighted by Gasteiger charge is -2.19. The summed E-state index contributed by atoms with van der Waals surface area (Å²) in [5.41, 5.74) is 1.94. The summed E-state index contributed by atoms with van der Waals surface area (Å²) < 4.78 is 27.0. The highest BCUT2D eigenvalue weighted by Crippen LogP contribution is 2.29. The van der Waals surface area contributed by atoms with Crippen molar-refractivity contribution in [3.05, 3.63) is 67.1 Å². The van der Waals surface area contributed by atoms with Gasteiger partial charge in [-0.3, -0.25) is 9.59 Å². The minimum absolute atomic E-state index is 0.0112. The molecular weight excluding hydrogens is 538 g/mol. The molecule has 0 aromatic heterocycles. The van der Waals surface area contributed by atoms with Gasteiger partial charge < -0.3 is 15.3 Å². The van der Waals surface area contributed by atoms with Gasteiger partial charge in [0.2, 0.25) is 0 Å². The molecule has 0 fully saturated rings. The Morgan fingerprint density at radius 2 is 1.68 bits per heavy atom. The first-order valence-electron chi connectivity index (χ1n) is 9.64. The van der Waals surface area contributed by atoms with E-state index < -0.39 is 5.82 Å². The molecule has 31 heavy (non-hydrogen) atoms.